The Labute approximate surface area is 172 Å². The second-order valence-corrected chi connectivity index (χ2v) is 7.48. The fourth-order valence-corrected chi connectivity index (χ4v) is 3.54. The van der Waals surface area contributed by atoms with Crippen LogP contribution in [0.5, 0.6) is 11.5 Å². The number of hydrogen-bond acceptors (Lipinski definition) is 6. The minimum Gasteiger partial charge on any atom is -0.497 e. The summed E-state index contributed by atoms with van der Waals surface area (Å²) in [5.41, 5.74) is 1.63. The Morgan fingerprint density at radius 2 is 1.79 bits per heavy atom. The van der Waals surface area contributed by atoms with Crippen LogP contribution in [0.25, 0.3) is 0 Å². The number of nitrogens with one attached hydrogen (secondary N) is 2. The number of ether oxygens (including phenoxy) is 2. The zero-order chi connectivity index (χ0) is 21.0. The number of hydrogen-bond donors (Lipinski definition) is 2. The average molecular weight is 415 g/mol. The van der Waals surface area contributed by atoms with E-state index in [9.17, 15) is 14.4 Å². The molecule has 1 atom stereocenters. The molecule has 8 nitrogen and oxygen atoms in total. The van der Waals surface area contributed by atoms with E-state index in [-0.39, 0.29) is 5.75 Å². The van der Waals surface area contributed by atoms with Gasteiger partial charge in [-0.25, -0.2) is 4.79 Å². The molecule has 29 heavy (non-hydrogen) atoms. The van der Waals surface area contributed by atoms with Crippen molar-refractivity contribution in [3.63, 3.8) is 0 Å². The Bertz CT molecular complexity index is 934. The molecule has 0 aromatic heterocycles. The van der Waals surface area contributed by atoms with Crippen molar-refractivity contribution < 1.29 is 23.9 Å². The maximum absolute atomic E-state index is 12.9. The van der Waals surface area contributed by atoms with Gasteiger partial charge in [-0.1, -0.05) is 12.1 Å². The zero-order valence-electron chi connectivity index (χ0n) is 16.2. The fourth-order valence-electron chi connectivity index (χ4n) is 2.85. The zero-order valence-corrected chi connectivity index (χ0v) is 17.0. The van der Waals surface area contributed by atoms with Gasteiger partial charge in [-0.2, -0.15) is 5.01 Å². The molecule has 0 saturated carbocycles. The number of carbonyl (C=O) groups is 3. The van der Waals surface area contributed by atoms with Crippen LogP contribution in [0.15, 0.2) is 53.4 Å². The molecule has 1 heterocycles. The van der Waals surface area contributed by atoms with Gasteiger partial charge in [-0.05, 0) is 48.9 Å². The summed E-state index contributed by atoms with van der Waals surface area (Å²) >= 11 is 1.28. The average Bonchev–Trinajstić information content (AvgIpc) is 2.96. The summed E-state index contributed by atoms with van der Waals surface area (Å²) in [6.07, 6.45) is 0. The van der Waals surface area contributed by atoms with E-state index in [0.717, 1.165) is 15.7 Å². The molecule has 1 aliphatic rings. The molecule has 9 heteroatoms. The van der Waals surface area contributed by atoms with Crippen LogP contribution in [0.2, 0.25) is 0 Å². The first-order chi connectivity index (χ1) is 13.9. The van der Waals surface area contributed by atoms with Gasteiger partial charge in [0.25, 0.3) is 5.91 Å². The van der Waals surface area contributed by atoms with Gasteiger partial charge in [0.05, 0.1) is 20.0 Å². The summed E-state index contributed by atoms with van der Waals surface area (Å²) in [6.45, 7) is 1.58. The monoisotopic (exact) mass is 415 g/mol. The number of hydrazine groups is 1. The second-order valence-electron chi connectivity index (χ2n) is 6.43. The summed E-state index contributed by atoms with van der Waals surface area (Å²) in [6, 6.07) is 13.4. The molecule has 1 saturated heterocycles. The van der Waals surface area contributed by atoms with Crippen molar-refractivity contribution in [3.05, 3.63) is 54.1 Å². The summed E-state index contributed by atoms with van der Waals surface area (Å²) in [5, 5.41) is 3.35. The van der Waals surface area contributed by atoms with E-state index in [1.165, 1.54) is 18.9 Å². The van der Waals surface area contributed by atoms with Gasteiger partial charge in [0.2, 0.25) is 5.91 Å². The van der Waals surface area contributed by atoms with Crippen LogP contribution in [-0.4, -0.2) is 42.8 Å². The van der Waals surface area contributed by atoms with Crippen molar-refractivity contribution in [3.8, 4) is 11.5 Å². The molecule has 2 aromatic carbocycles. The summed E-state index contributed by atoms with van der Waals surface area (Å²) < 4.78 is 10.3. The number of nitrogens with zero attached hydrogens (tertiary/aromatic N) is 1. The second kappa shape index (κ2) is 8.44. The first kappa shape index (κ1) is 20.5. The molecular formula is C20H21N3O5S. The van der Waals surface area contributed by atoms with E-state index in [4.69, 9.17) is 9.47 Å². The summed E-state index contributed by atoms with van der Waals surface area (Å²) in [7, 11) is 3.09. The van der Waals surface area contributed by atoms with E-state index < -0.39 is 23.4 Å². The van der Waals surface area contributed by atoms with Crippen LogP contribution in [0.4, 0.5) is 4.79 Å². The molecule has 3 rings (SSSR count). The topological polar surface area (TPSA) is 97.0 Å². The van der Waals surface area contributed by atoms with Gasteiger partial charge >= 0.3 is 6.03 Å². The van der Waals surface area contributed by atoms with Gasteiger partial charge < -0.3 is 14.8 Å². The Morgan fingerprint density at radius 3 is 2.45 bits per heavy atom. The van der Waals surface area contributed by atoms with Crippen molar-refractivity contribution in [1.29, 1.82) is 0 Å². The van der Waals surface area contributed by atoms with Gasteiger partial charge in [0.1, 0.15) is 17.0 Å². The van der Waals surface area contributed by atoms with Crippen LogP contribution < -0.4 is 20.2 Å². The number of imide groups is 1. The molecule has 2 aromatic rings. The van der Waals surface area contributed by atoms with Crippen LogP contribution in [0, 0.1) is 0 Å². The molecule has 0 radical (unpaired) electrons. The van der Waals surface area contributed by atoms with E-state index in [1.54, 1.807) is 50.4 Å². The van der Waals surface area contributed by atoms with E-state index >= 15 is 0 Å². The Hall–Kier alpha value is -3.20. The summed E-state index contributed by atoms with van der Waals surface area (Å²) in [4.78, 5) is 38.4. The smallest absolute Gasteiger partial charge is 0.344 e. The molecule has 2 N–H and O–H groups in total. The lowest BCUT2D eigenvalue weighted by Gasteiger charge is -2.22. The molecule has 1 aliphatic heterocycles. The maximum Gasteiger partial charge on any atom is 0.344 e. The summed E-state index contributed by atoms with van der Waals surface area (Å²) in [5.74, 6) is 0.279. The molecular weight excluding hydrogens is 394 g/mol. The molecule has 152 valence electrons. The maximum atomic E-state index is 12.9. The highest BCUT2D eigenvalue weighted by atomic mass is 32.2. The molecule has 0 bridgehead atoms. The first-order valence-corrected chi connectivity index (χ1v) is 9.73. The number of rotatable bonds is 7. The van der Waals surface area contributed by atoms with E-state index in [2.05, 4.69) is 10.7 Å². The Balaban J connectivity index is 1.65. The molecule has 0 unspecified atom stereocenters. The number of urea groups is 1. The number of thioether (sulfide) groups is 1. The van der Waals surface area contributed by atoms with Gasteiger partial charge in [0.15, 0.2) is 0 Å². The highest BCUT2D eigenvalue weighted by Crippen LogP contribution is 2.30. The van der Waals surface area contributed by atoms with E-state index in [0.29, 0.717) is 11.3 Å². The highest BCUT2D eigenvalue weighted by molar-refractivity contribution is 8.00. The lowest BCUT2D eigenvalue weighted by molar-refractivity contribution is -0.138. The predicted molar refractivity (Wildman–Crippen MR) is 108 cm³/mol. The third kappa shape index (κ3) is 4.29. The first-order valence-electron chi connectivity index (χ1n) is 8.75. The van der Waals surface area contributed by atoms with Gasteiger partial charge in [0, 0.05) is 4.90 Å². The van der Waals surface area contributed by atoms with Crippen LogP contribution in [0.3, 0.4) is 0 Å². The van der Waals surface area contributed by atoms with E-state index in [1.807, 2.05) is 12.1 Å². The molecule has 1 fully saturated rings. The third-order valence-electron chi connectivity index (χ3n) is 4.50. The third-order valence-corrected chi connectivity index (χ3v) is 5.52. The van der Waals surface area contributed by atoms with Crippen molar-refractivity contribution in [1.82, 2.24) is 15.8 Å². The van der Waals surface area contributed by atoms with Crippen molar-refractivity contribution in [2.24, 2.45) is 0 Å². The fraction of sp³-hybridized carbons (Fsp3) is 0.250. The molecule has 4 amide bonds. The van der Waals surface area contributed by atoms with Crippen molar-refractivity contribution in [2.45, 2.75) is 17.4 Å². The minimum absolute atomic E-state index is 0.0409. The quantitative estimate of drug-likeness (QED) is 0.532. The van der Waals surface area contributed by atoms with Crippen LogP contribution in [-0.2, 0) is 15.1 Å². The standard InChI is InChI=1S/C20H21N3O5S/c1-20(13-5-4-6-15(11-13)28-3)18(25)23(19(26)21-20)22-17(24)12-29-16-9-7-14(27-2)8-10-16/h4-11H,12H2,1-3H3,(H,21,26)(H,22,24)/t20-/m0/s1. The minimum atomic E-state index is -1.30. The number of methoxy groups -OCH3 is 2. The van der Waals surface area contributed by atoms with Crippen LogP contribution in [0.1, 0.15) is 12.5 Å². The van der Waals surface area contributed by atoms with Crippen molar-refractivity contribution in [2.75, 3.05) is 20.0 Å². The normalized spacial score (nSPS) is 18.4. The highest BCUT2D eigenvalue weighted by Gasteiger charge is 2.50. The molecule has 0 spiro atoms. The number of benzene rings is 2. The van der Waals surface area contributed by atoms with Gasteiger partial charge in [-0.15, -0.1) is 11.8 Å². The lowest BCUT2D eigenvalue weighted by Crippen LogP contribution is -2.48. The van der Waals surface area contributed by atoms with Gasteiger partial charge in [-0.3, -0.25) is 15.0 Å². The predicted octanol–water partition coefficient (Wildman–Crippen LogP) is 2.29. The largest absolute Gasteiger partial charge is 0.497 e. The van der Waals surface area contributed by atoms with Crippen LogP contribution >= 0.6 is 11.8 Å². The lowest BCUT2D eigenvalue weighted by atomic mass is 9.92. The molecule has 0 aliphatic carbocycles. The number of carbonyl (C=O) groups excluding carboxylic acids is 3. The Kier molecular flexibility index (Phi) is 5.97. The SMILES string of the molecule is COc1ccc(SCC(=O)NN2C(=O)N[C@@](C)(c3cccc(OC)c3)C2=O)cc1. The van der Waals surface area contributed by atoms with Crippen molar-refractivity contribution >= 4 is 29.6 Å². The Morgan fingerprint density at radius 1 is 1.10 bits per heavy atom. The number of amides is 4.